The van der Waals surface area contributed by atoms with Crippen molar-refractivity contribution in [2.45, 2.75) is 20.3 Å². The lowest BCUT2D eigenvalue weighted by Crippen LogP contribution is -2.17. The molecule has 2 aromatic rings. The Bertz CT molecular complexity index is 523. The molecule has 6 heteroatoms. The van der Waals surface area contributed by atoms with E-state index in [2.05, 4.69) is 21.5 Å². The molecule has 0 saturated carbocycles. The van der Waals surface area contributed by atoms with Gasteiger partial charge in [-0.25, -0.2) is 0 Å². The molecule has 1 aromatic heterocycles. The number of aryl methyl sites for hydroxylation is 1. The molecule has 0 aliphatic heterocycles. The summed E-state index contributed by atoms with van der Waals surface area (Å²) >= 11 is 0. The van der Waals surface area contributed by atoms with Crippen molar-refractivity contribution in [2.24, 2.45) is 0 Å². The number of anilines is 3. The van der Waals surface area contributed by atoms with Crippen molar-refractivity contribution < 1.29 is 9.63 Å². The van der Waals surface area contributed by atoms with E-state index in [4.69, 9.17) is 11.5 Å². The Hall–Kier alpha value is -2.37. The second kappa shape index (κ2) is 7.28. The molecular weight excluding hydrogens is 256 g/mol. The van der Waals surface area contributed by atoms with Crippen molar-refractivity contribution in [3.05, 3.63) is 30.0 Å². The highest BCUT2D eigenvalue weighted by Crippen LogP contribution is 2.25. The Morgan fingerprint density at radius 3 is 2.40 bits per heavy atom. The van der Waals surface area contributed by atoms with E-state index in [1.165, 1.54) is 0 Å². The van der Waals surface area contributed by atoms with Crippen LogP contribution in [-0.2, 0) is 0 Å². The minimum atomic E-state index is 0.153. The van der Waals surface area contributed by atoms with Crippen LogP contribution in [0.15, 0.2) is 28.8 Å². The largest absolute Gasteiger partial charge is 0.506 e. The molecule has 1 aromatic carbocycles. The average molecular weight is 278 g/mol. The molecule has 0 aliphatic rings. The van der Waals surface area contributed by atoms with E-state index in [9.17, 15) is 5.11 Å². The fourth-order valence-corrected chi connectivity index (χ4v) is 1.62. The molecule has 0 amide bonds. The molecule has 6 nitrogen and oxygen atoms in total. The maximum Gasteiger partial charge on any atom is 0.222 e. The van der Waals surface area contributed by atoms with Crippen LogP contribution in [0.3, 0.4) is 0 Å². The van der Waals surface area contributed by atoms with Crippen LogP contribution in [0.1, 0.15) is 19.0 Å². The molecule has 0 spiro atoms. The Labute approximate surface area is 119 Å². The van der Waals surface area contributed by atoms with Crippen molar-refractivity contribution in [1.82, 2.24) is 5.16 Å². The zero-order valence-corrected chi connectivity index (χ0v) is 12.1. The summed E-state index contributed by atoms with van der Waals surface area (Å²) in [6, 6.07) is 6.98. The maximum absolute atomic E-state index is 9.37. The van der Waals surface area contributed by atoms with Gasteiger partial charge in [-0.15, -0.1) is 0 Å². The molecule has 0 radical (unpaired) electrons. The van der Waals surface area contributed by atoms with Gasteiger partial charge in [0.25, 0.3) is 0 Å². The molecular formula is C14H22N4O2. The van der Waals surface area contributed by atoms with Crippen LogP contribution in [0.2, 0.25) is 0 Å². The molecule has 0 aliphatic carbocycles. The van der Waals surface area contributed by atoms with Gasteiger partial charge in [-0.1, -0.05) is 12.1 Å². The topological polar surface area (TPSA) is 102 Å². The van der Waals surface area contributed by atoms with Crippen LogP contribution < -0.4 is 16.4 Å². The number of nitrogens with zero attached hydrogens (tertiary/aromatic N) is 2. The summed E-state index contributed by atoms with van der Waals surface area (Å²) in [6.45, 7) is 4.91. The monoisotopic (exact) mass is 278 g/mol. The van der Waals surface area contributed by atoms with Crippen LogP contribution >= 0.6 is 0 Å². The summed E-state index contributed by atoms with van der Waals surface area (Å²) in [5.41, 5.74) is 12.9. The van der Waals surface area contributed by atoms with Gasteiger partial charge in [0.1, 0.15) is 5.75 Å². The summed E-state index contributed by atoms with van der Waals surface area (Å²) in [6.07, 6.45) is 1.08. The molecule has 20 heavy (non-hydrogen) atoms. The number of phenolic OH excluding ortho intramolecular Hbond substituents is 1. The standard InChI is InChI=1S/C10H16N2O.C4H6N2O/c1-3-6-12(2)8-4-5-9(11)10(13)7-8;1-3-2-4(5)7-6-3/h4-5,7,13H,3,6,11H2,1-2H3;2H,5H2,1H3. The van der Waals surface area contributed by atoms with Gasteiger partial charge in [0.15, 0.2) is 0 Å². The number of phenols is 1. The quantitative estimate of drug-likeness (QED) is 0.588. The zero-order chi connectivity index (χ0) is 15.1. The first-order chi connectivity index (χ1) is 9.43. The Morgan fingerprint density at radius 1 is 1.30 bits per heavy atom. The average Bonchev–Trinajstić information content (AvgIpc) is 2.77. The summed E-state index contributed by atoms with van der Waals surface area (Å²) in [4.78, 5) is 2.08. The van der Waals surface area contributed by atoms with E-state index >= 15 is 0 Å². The van der Waals surface area contributed by atoms with Gasteiger partial charge in [0.2, 0.25) is 5.88 Å². The van der Waals surface area contributed by atoms with E-state index in [0.717, 1.165) is 24.3 Å². The van der Waals surface area contributed by atoms with Crippen molar-refractivity contribution in [3.8, 4) is 5.75 Å². The molecule has 0 saturated heterocycles. The fraction of sp³-hybridized carbons (Fsp3) is 0.357. The highest BCUT2D eigenvalue weighted by Gasteiger charge is 2.02. The predicted molar refractivity (Wildman–Crippen MR) is 81.7 cm³/mol. The van der Waals surface area contributed by atoms with E-state index in [1.54, 1.807) is 18.2 Å². The smallest absolute Gasteiger partial charge is 0.222 e. The molecule has 5 N–H and O–H groups in total. The summed E-state index contributed by atoms with van der Waals surface area (Å²) < 4.78 is 4.49. The molecule has 0 bridgehead atoms. The number of hydrogen-bond acceptors (Lipinski definition) is 6. The number of benzene rings is 1. The molecule has 2 rings (SSSR count). The van der Waals surface area contributed by atoms with E-state index in [-0.39, 0.29) is 5.75 Å². The van der Waals surface area contributed by atoms with Gasteiger partial charge in [-0.05, 0) is 25.5 Å². The minimum Gasteiger partial charge on any atom is -0.506 e. The number of rotatable bonds is 3. The van der Waals surface area contributed by atoms with Crippen molar-refractivity contribution >= 4 is 17.3 Å². The SMILES string of the molecule is CCCN(C)c1ccc(N)c(O)c1.Cc1cc(N)on1. The molecule has 1 heterocycles. The first-order valence-corrected chi connectivity index (χ1v) is 6.42. The van der Waals surface area contributed by atoms with E-state index in [1.807, 2.05) is 20.0 Å². The lowest BCUT2D eigenvalue weighted by atomic mass is 10.2. The number of hydrogen-bond donors (Lipinski definition) is 3. The van der Waals surface area contributed by atoms with Gasteiger partial charge >= 0.3 is 0 Å². The summed E-state index contributed by atoms with van der Waals surface area (Å²) in [7, 11) is 1.99. The van der Waals surface area contributed by atoms with Crippen LogP contribution in [0.5, 0.6) is 5.75 Å². The Kier molecular flexibility index (Phi) is 5.71. The van der Waals surface area contributed by atoms with Crippen molar-refractivity contribution in [1.29, 1.82) is 0 Å². The number of aromatic hydroxyl groups is 1. The van der Waals surface area contributed by atoms with Gasteiger partial charge in [-0.3, -0.25) is 0 Å². The van der Waals surface area contributed by atoms with Gasteiger partial charge in [0, 0.05) is 31.4 Å². The van der Waals surface area contributed by atoms with Gasteiger partial charge < -0.3 is 26.0 Å². The first-order valence-electron chi connectivity index (χ1n) is 6.42. The third-order valence-corrected chi connectivity index (χ3v) is 2.66. The highest BCUT2D eigenvalue weighted by atomic mass is 16.5. The summed E-state index contributed by atoms with van der Waals surface area (Å²) in [5, 5.41) is 12.9. The van der Waals surface area contributed by atoms with Crippen molar-refractivity contribution in [2.75, 3.05) is 30.0 Å². The number of nitrogens with two attached hydrogens (primary N) is 2. The Morgan fingerprint density at radius 2 is 2.00 bits per heavy atom. The summed E-state index contributed by atoms with van der Waals surface area (Å²) in [5.74, 6) is 0.526. The molecule has 0 unspecified atom stereocenters. The maximum atomic E-state index is 9.37. The number of aromatic nitrogens is 1. The third-order valence-electron chi connectivity index (χ3n) is 2.66. The second-order valence-corrected chi connectivity index (χ2v) is 4.54. The van der Waals surface area contributed by atoms with Crippen LogP contribution in [0, 0.1) is 6.92 Å². The second-order valence-electron chi connectivity index (χ2n) is 4.54. The van der Waals surface area contributed by atoms with Crippen molar-refractivity contribution in [3.63, 3.8) is 0 Å². The number of nitrogen functional groups attached to an aromatic ring is 2. The van der Waals surface area contributed by atoms with Crippen LogP contribution in [0.4, 0.5) is 17.3 Å². The third kappa shape index (κ3) is 4.72. The predicted octanol–water partition coefficient (Wildman–Crippen LogP) is 2.39. The fourth-order valence-electron chi connectivity index (χ4n) is 1.62. The minimum absolute atomic E-state index is 0.153. The molecule has 0 fully saturated rings. The lowest BCUT2D eigenvalue weighted by Gasteiger charge is -2.18. The van der Waals surface area contributed by atoms with Gasteiger partial charge in [-0.2, -0.15) is 0 Å². The van der Waals surface area contributed by atoms with E-state index in [0.29, 0.717) is 11.6 Å². The van der Waals surface area contributed by atoms with Gasteiger partial charge in [0.05, 0.1) is 11.4 Å². The normalized spacial score (nSPS) is 9.75. The lowest BCUT2D eigenvalue weighted by molar-refractivity contribution is 0.431. The first kappa shape index (κ1) is 15.7. The molecule has 0 atom stereocenters. The molecule has 110 valence electrons. The van der Waals surface area contributed by atoms with Crippen LogP contribution in [0.25, 0.3) is 0 Å². The van der Waals surface area contributed by atoms with Crippen LogP contribution in [-0.4, -0.2) is 23.9 Å². The zero-order valence-electron chi connectivity index (χ0n) is 12.1. The van der Waals surface area contributed by atoms with E-state index < -0.39 is 0 Å². The highest BCUT2D eigenvalue weighted by molar-refractivity contribution is 5.61. The Balaban J connectivity index is 0.000000240.